The average Bonchev–Trinajstić information content (AvgIpc) is 2.95. The van der Waals surface area contributed by atoms with Gasteiger partial charge in [0.25, 0.3) is 0 Å². The molecule has 1 heterocycles. The second-order valence-corrected chi connectivity index (χ2v) is 5.18. The maximum atomic E-state index is 13.8. The van der Waals surface area contributed by atoms with Crippen molar-refractivity contribution in [3.63, 3.8) is 0 Å². The predicted molar refractivity (Wildman–Crippen MR) is 74.5 cm³/mol. The summed E-state index contributed by atoms with van der Waals surface area (Å²) in [6, 6.07) is 8.35. The van der Waals surface area contributed by atoms with Gasteiger partial charge in [-0.3, -0.25) is 0 Å². The van der Waals surface area contributed by atoms with E-state index < -0.39 is 0 Å². The van der Waals surface area contributed by atoms with Gasteiger partial charge in [-0.2, -0.15) is 0 Å². The van der Waals surface area contributed by atoms with Crippen LogP contribution >= 0.6 is 11.3 Å². The Morgan fingerprint density at radius 2 is 2.00 bits per heavy atom. The number of hydrogen-bond acceptors (Lipinski definition) is 4. The molecule has 0 aliphatic rings. The summed E-state index contributed by atoms with van der Waals surface area (Å²) in [7, 11) is 0. The monoisotopic (exact) mass is 281 g/mol. The molecule has 0 bridgehead atoms. The van der Waals surface area contributed by atoms with E-state index in [1.165, 1.54) is 17.4 Å². The molecule has 3 nitrogen and oxygen atoms in total. The number of aliphatic hydroxyl groups is 2. The summed E-state index contributed by atoms with van der Waals surface area (Å²) in [5.74, 6) is -0.243. The van der Waals surface area contributed by atoms with E-state index in [0.29, 0.717) is 12.1 Å². The van der Waals surface area contributed by atoms with Crippen LogP contribution in [0.2, 0.25) is 0 Å². The molecule has 0 spiro atoms. The van der Waals surface area contributed by atoms with Crippen molar-refractivity contribution in [2.75, 3.05) is 13.2 Å². The van der Waals surface area contributed by atoms with Crippen LogP contribution in [0.4, 0.5) is 4.39 Å². The number of rotatable bonds is 6. The highest BCUT2D eigenvalue weighted by molar-refractivity contribution is 7.13. The molecule has 3 N–H and O–H groups in total. The molecular formula is C14H16FNO2S. The lowest BCUT2D eigenvalue weighted by Crippen LogP contribution is -2.35. The highest BCUT2D eigenvalue weighted by Gasteiger charge is 2.09. The van der Waals surface area contributed by atoms with Gasteiger partial charge >= 0.3 is 0 Å². The lowest BCUT2D eigenvalue weighted by Gasteiger charge is -2.13. The van der Waals surface area contributed by atoms with Crippen molar-refractivity contribution in [2.45, 2.75) is 12.6 Å². The second kappa shape index (κ2) is 6.77. The zero-order valence-corrected chi connectivity index (χ0v) is 11.2. The molecule has 0 aliphatic heterocycles. The Hall–Kier alpha value is -1.27. The van der Waals surface area contributed by atoms with Crippen molar-refractivity contribution in [2.24, 2.45) is 0 Å². The van der Waals surface area contributed by atoms with Crippen molar-refractivity contribution in [1.29, 1.82) is 0 Å². The summed E-state index contributed by atoms with van der Waals surface area (Å²) in [5, 5.41) is 22.9. The summed E-state index contributed by atoms with van der Waals surface area (Å²) in [6.07, 6.45) is 0. The Labute approximate surface area is 115 Å². The maximum Gasteiger partial charge on any atom is 0.131 e. The van der Waals surface area contributed by atoms with Crippen LogP contribution in [0.3, 0.4) is 0 Å². The number of aliphatic hydroxyl groups excluding tert-OH is 2. The number of hydrogen-bond donors (Lipinski definition) is 3. The second-order valence-electron chi connectivity index (χ2n) is 4.23. The molecule has 0 radical (unpaired) electrons. The lowest BCUT2D eigenvalue weighted by molar-refractivity contribution is 0.170. The Morgan fingerprint density at radius 1 is 1.21 bits per heavy atom. The van der Waals surface area contributed by atoms with Crippen LogP contribution in [0.15, 0.2) is 35.7 Å². The van der Waals surface area contributed by atoms with E-state index >= 15 is 0 Å². The predicted octanol–water partition coefficient (Wildman–Crippen LogP) is 2.00. The van der Waals surface area contributed by atoms with Gasteiger partial charge in [0.15, 0.2) is 0 Å². The SMILES string of the molecule is OCC(CO)NCc1ccc(F)c(-c2cccs2)c1. The highest BCUT2D eigenvalue weighted by atomic mass is 32.1. The molecule has 1 aromatic heterocycles. The summed E-state index contributed by atoms with van der Waals surface area (Å²) in [5.41, 5.74) is 1.50. The van der Waals surface area contributed by atoms with Crippen LogP contribution in [0.5, 0.6) is 0 Å². The molecular weight excluding hydrogens is 265 g/mol. The van der Waals surface area contributed by atoms with Crippen molar-refractivity contribution >= 4 is 11.3 Å². The maximum absolute atomic E-state index is 13.8. The number of halogens is 1. The normalized spacial score (nSPS) is 11.2. The minimum absolute atomic E-state index is 0.129. The summed E-state index contributed by atoms with van der Waals surface area (Å²) in [6.45, 7) is 0.218. The van der Waals surface area contributed by atoms with E-state index in [1.807, 2.05) is 17.5 Å². The first kappa shape index (κ1) is 14.1. The molecule has 2 rings (SSSR count). The van der Waals surface area contributed by atoms with E-state index in [2.05, 4.69) is 5.32 Å². The quantitative estimate of drug-likeness (QED) is 0.759. The van der Waals surface area contributed by atoms with Crippen molar-refractivity contribution in [1.82, 2.24) is 5.32 Å². The Morgan fingerprint density at radius 3 is 2.63 bits per heavy atom. The highest BCUT2D eigenvalue weighted by Crippen LogP contribution is 2.28. The topological polar surface area (TPSA) is 52.5 Å². The van der Waals surface area contributed by atoms with Crippen LogP contribution in [0, 0.1) is 5.82 Å². The van der Waals surface area contributed by atoms with E-state index in [0.717, 1.165) is 10.4 Å². The molecule has 5 heteroatoms. The van der Waals surface area contributed by atoms with Crippen LogP contribution in [-0.2, 0) is 6.54 Å². The van der Waals surface area contributed by atoms with Gasteiger partial charge in [-0.1, -0.05) is 12.1 Å². The van der Waals surface area contributed by atoms with E-state index in [4.69, 9.17) is 10.2 Å². The standard InChI is InChI=1S/C14H16FNO2S/c15-13-4-3-10(7-16-11(8-17)9-18)6-12(13)14-2-1-5-19-14/h1-6,11,16-18H,7-9H2. The fourth-order valence-corrected chi connectivity index (χ4v) is 2.50. The van der Waals surface area contributed by atoms with Crippen molar-refractivity contribution in [3.8, 4) is 10.4 Å². The third-order valence-electron chi connectivity index (χ3n) is 2.85. The zero-order valence-electron chi connectivity index (χ0n) is 10.3. The molecule has 0 saturated heterocycles. The fraction of sp³-hybridized carbons (Fsp3) is 0.286. The third-order valence-corrected chi connectivity index (χ3v) is 3.76. The van der Waals surface area contributed by atoms with Crippen LogP contribution in [0.1, 0.15) is 5.56 Å². The lowest BCUT2D eigenvalue weighted by atomic mass is 10.1. The van der Waals surface area contributed by atoms with Gasteiger partial charge in [0.2, 0.25) is 0 Å². The Bertz CT molecular complexity index is 512. The molecule has 0 atom stereocenters. The molecule has 102 valence electrons. The average molecular weight is 281 g/mol. The summed E-state index contributed by atoms with van der Waals surface area (Å²) in [4.78, 5) is 0.889. The van der Waals surface area contributed by atoms with E-state index in [9.17, 15) is 4.39 Å². The minimum Gasteiger partial charge on any atom is -0.395 e. The van der Waals surface area contributed by atoms with Crippen LogP contribution < -0.4 is 5.32 Å². The molecule has 0 unspecified atom stereocenters. The molecule has 0 fully saturated rings. The number of nitrogens with one attached hydrogen (secondary N) is 1. The van der Waals surface area contributed by atoms with Gasteiger partial charge in [0, 0.05) is 17.0 Å². The van der Waals surface area contributed by atoms with Gasteiger partial charge < -0.3 is 15.5 Å². The molecule has 1 aromatic carbocycles. The molecule has 2 aromatic rings. The van der Waals surface area contributed by atoms with Gasteiger partial charge in [0.05, 0.1) is 19.3 Å². The van der Waals surface area contributed by atoms with Gasteiger partial charge in [-0.25, -0.2) is 4.39 Å². The molecule has 0 saturated carbocycles. The summed E-state index contributed by atoms with van der Waals surface area (Å²) >= 11 is 1.49. The van der Waals surface area contributed by atoms with Crippen LogP contribution in [-0.4, -0.2) is 29.5 Å². The first-order chi connectivity index (χ1) is 9.24. The fourth-order valence-electron chi connectivity index (χ4n) is 1.75. The zero-order chi connectivity index (χ0) is 13.7. The molecule has 0 amide bonds. The molecule has 19 heavy (non-hydrogen) atoms. The smallest absolute Gasteiger partial charge is 0.131 e. The van der Waals surface area contributed by atoms with E-state index in [1.54, 1.807) is 12.1 Å². The first-order valence-corrected chi connectivity index (χ1v) is 6.90. The van der Waals surface area contributed by atoms with Gasteiger partial charge in [-0.05, 0) is 29.1 Å². The van der Waals surface area contributed by atoms with Gasteiger partial charge in [-0.15, -0.1) is 11.3 Å². The Kier molecular flexibility index (Phi) is 5.04. The van der Waals surface area contributed by atoms with Crippen molar-refractivity contribution < 1.29 is 14.6 Å². The third kappa shape index (κ3) is 3.61. The van der Waals surface area contributed by atoms with Crippen LogP contribution in [0.25, 0.3) is 10.4 Å². The number of benzene rings is 1. The first-order valence-electron chi connectivity index (χ1n) is 6.02. The van der Waals surface area contributed by atoms with Gasteiger partial charge in [0.1, 0.15) is 5.82 Å². The molecule has 0 aliphatic carbocycles. The largest absolute Gasteiger partial charge is 0.395 e. The summed E-state index contributed by atoms with van der Waals surface area (Å²) < 4.78 is 13.8. The van der Waals surface area contributed by atoms with E-state index in [-0.39, 0.29) is 25.1 Å². The number of thiophene rings is 1. The minimum atomic E-state index is -0.352. The van der Waals surface area contributed by atoms with Crippen molar-refractivity contribution in [3.05, 3.63) is 47.1 Å². The Balaban J connectivity index is 2.13.